The third-order valence-electron chi connectivity index (χ3n) is 5.31. The Kier molecular flexibility index (Phi) is 4.87. The molecule has 0 unspecified atom stereocenters. The summed E-state index contributed by atoms with van der Waals surface area (Å²) < 4.78 is 27.0. The number of nitrogens with zero attached hydrogens (tertiary/aromatic N) is 3. The van der Waals surface area contributed by atoms with Crippen molar-refractivity contribution in [2.24, 2.45) is 0 Å². The van der Waals surface area contributed by atoms with Gasteiger partial charge >= 0.3 is 0 Å². The van der Waals surface area contributed by atoms with E-state index in [4.69, 9.17) is 0 Å². The molecule has 2 aromatic rings. The standard InChI is InChI=1S/C20H25N3O2S/c24-26(25,20-6-2-1-3-7-20)23-16-14-22(15-17-23)19-10-8-18(9-11-19)21-12-4-5-13-21/h1-3,6-11H,4-5,12-17H2. The molecular weight excluding hydrogens is 346 g/mol. The van der Waals surface area contributed by atoms with Crippen LogP contribution in [0.4, 0.5) is 11.4 Å². The molecule has 0 aromatic heterocycles. The van der Waals surface area contributed by atoms with E-state index in [-0.39, 0.29) is 0 Å². The molecule has 0 saturated carbocycles. The molecule has 0 atom stereocenters. The zero-order chi connectivity index (χ0) is 18.0. The van der Waals surface area contributed by atoms with Gasteiger partial charge in [0.15, 0.2) is 0 Å². The lowest BCUT2D eigenvalue weighted by Crippen LogP contribution is -2.48. The van der Waals surface area contributed by atoms with Crippen molar-refractivity contribution in [3.8, 4) is 0 Å². The van der Waals surface area contributed by atoms with Crippen molar-refractivity contribution in [3.05, 3.63) is 54.6 Å². The number of rotatable bonds is 4. The average Bonchev–Trinajstić information content (AvgIpc) is 3.24. The van der Waals surface area contributed by atoms with Gasteiger partial charge in [-0.1, -0.05) is 18.2 Å². The zero-order valence-electron chi connectivity index (χ0n) is 14.9. The van der Waals surface area contributed by atoms with Gasteiger partial charge < -0.3 is 9.80 Å². The second-order valence-corrected chi connectivity index (χ2v) is 8.85. The normalized spacial score (nSPS) is 19.1. The van der Waals surface area contributed by atoms with Gasteiger partial charge in [-0.15, -0.1) is 0 Å². The van der Waals surface area contributed by atoms with Crippen molar-refractivity contribution in [2.45, 2.75) is 17.7 Å². The fourth-order valence-electron chi connectivity index (χ4n) is 3.78. The smallest absolute Gasteiger partial charge is 0.243 e. The molecular formula is C20H25N3O2S. The molecule has 2 aromatic carbocycles. The summed E-state index contributed by atoms with van der Waals surface area (Å²) in [4.78, 5) is 5.07. The van der Waals surface area contributed by atoms with Crippen LogP contribution < -0.4 is 9.80 Å². The van der Waals surface area contributed by atoms with Crippen LogP contribution in [0.3, 0.4) is 0 Å². The molecule has 138 valence electrons. The third kappa shape index (κ3) is 3.44. The molecule has 0 spiro atoms. The molecule has 26 heavy (non-hydrogen) atoms. The van der Waals surface area contributed by atoms with E-state index in [2.05, 4.69) is 34.1 Å². The van der Waals surface area contributed by atoms with Crippen LogP contribution >= 0.6 is 0 Å². The summed E-state index contributed by atoms with van der Waals surface area (Å²) in [5, 5.41) is 0. The van der Waals surface area contributed by atoms with Crippen LogP contribution in [0, 0.1) is 0 Å². The predicted octanol–water partition coefficient (Wildman–Crippen LogP) is 2.80. The minimum Gasteiger partial charge on any atom is -0.372 e. The fourth-order valence-corrected chi connectivity index (χ4v) is 5.22. The molecule has 2 heterocycles. The van der Waals surface area contributed by atoms with Gasteiger partial charge in [0.1, 0.15) is 0 Å². The predicted molar refractivity (Wildman–Crippen MR) is 105 cm³/mol. The van der Waals surface area contributed by atoms with Crippen molar-refractivity contribution >= 4 is 21.4 Å². The molecule has 0 bridgehead atoms. The van der Waals surface area contributed by atoms with E-state index in [0.717, 1.165) is 26.2 Å². The average molecular weight is 372 g/mol. The molecule has 0 aliphatic carbocycles. The minimum atomic E-state index is -3.39. The summed E-state index contributed by atoms with van der Waals surface area (Å²) in [6.45, 7) is 4.77. The summed E-state index contributed by atoms with van der Waals surface area (Å²) >= 11 is 0. The first-order chi connectivity index (χ1) is 12.6. The van der Waals surface area contributed by atoms with Crippen LogP contribution in [0.5, 0.6) is 0 Å². The molecule has 0 radical (unpaired) electrons. The lowest BCUT2D eigenvalue weighted by Gasteiger charge is -2.35. The summed E-state index contributed by atoms with van der Waals surface area (Å²) in [5.74, 6) is 0. The van der Waals surface area contributed by atoms with Gasteiger partial charge in [-0.3, -0.25) is 0 Å². The van der Waals surface area contributed by atoms with Crippen LogP contribution in [-0.2, 0) is 10.0 Å². The van der Waals surface area contributed by atoms with Crippen molar-refractivity contribution in [3.63, 3.8) is 0 Å². The summed E-state index contributed by atoms with van der Waals surface area (Å²) in [6, 6.07) is 17.4. The topological polar surface area (TPSA) is 43.9 Å². The maximum Gasteiger partial charge on any atom is 0.243 e. The Balaban J connectivity index is 1.40. The first-order valence-corrected chi connectivity index (χ1v) is 10.7. The number of piperazine rings is 1. The van der Waals surface area contributed by atoms with Gasteiger partial charge in [0.2, 0.25) is 10.0 Å². The Labute approximate surface area is 155 Å². The number of sulfonamides is 1. The fraction of sp³-hybridized carbons (Fsp3) is 0.400. The van der Waals surface area contributed by atoms with E-state index in [1.54, 1.807) is 28.6 Å². The molecule has 2 fully saturated rings. The highest BCUT2D eigenvalue weighted by molar-refractivity contribution is 7.89. The highest BCUT2D eigenvalue weighted by atomic mass is 32.2. The number of hydrogen-bond donors (Lipinski definition) is 0. The Morgan fingerprint density at radius 3 is 1.65 bits per heavy atom. The second kappa shape index (κ2) is 7.29. The minimum absolute atomic E-state index is 0.378. The largest absolute Gasteiger partial charge is 0.372 e. The molecule has 2 aliphatic rings. The zero-order valence-corrected chi connectivity index (χ0v) is 15.7. The Hall–Kier alpha value is -2.05. The number of benzene rings is 2. The lowest BCUT2D eigenvalue weighted by molar-refractivity contribution is 0.385. The van der Waals surface area contributed by atoms with E-state index in [9.17, 15) is 8.42 Å². The van der Waals surface area contributed by atoms with Gasteiger partial charge in [-0.25, -0.2) is 8.42 Å². The first kappa shape index (κ1) is 17.4. The lowest BCUT2D eigenvalue weighted by atomic mass is 10.2. The molecule has 2 saturated heterocycles. The van der Waals surface area contributed by atoms with Crippen LogP contribution in [0.1, 0.15) is 12.8 Å². The second-order valence-electron chi connectivity index (χ2n) is 6.91. The maximum atomic E-state index is 12.7. The highest BCUT2D eigenvalue weighted by Crippen LogP contribution is 2.25. The number of anilines is 2. The summed E-state index contributed by atoms with van der Waals surface area (Å²) in [6.07, 6.45) is 2.55. The third-order valence-corrected chi connectivity index (χ3v) is 7.22. The van der Waals surface area contributed by atoms with E-state index >= 15 is 0 Å². The maximum absolute atomic E-state index is 12.7. The molecule has 6 heteroatoms. The van der Waals surface area contributed by atoms with Crippen molar-refractivity contribution < 1.29 is 8.42 Å². The van der Waals surface area contributed by atoms with Crippen LogP contribution in [-0.4, -0.2) is 52.0 Å². The molecule has 4 rings (SSSR count). The van der Waals surface area contributed by atoms with Gasteiger partial charge in [0.05, 0.1) is 4.90 Å². The number of hydrogen-bond acceptors (Lipinski definition) is 4. The van der Waals surface area contributed by atoms with Crippen LogP contribution in [0.25, 0.3) is 0 Å². The Morgan fingerprint density at radius 2 is 1.12 bits per heavy atom. The van der Waals surface area contributed by atoms with Gasteiger partial charge in [-0.2, -0.15) is 4.31 Å². The monoisotopic (exact) mass is 371 g/mol. The Bertz CT molecular complexity index is 823. The summed E-state index contributed by atoms with van der Waals surface area (Å²) in [5.41, 5.74) is 2.46. The molecule has 2 aliphatic heterocycles. The quantitative estimate of drug-likeness (QED) is 0.829. The van der Waals surface area contributed by atoms with Gasteiger partial charge in [0.25, 0.3) is 0 Å². The molecule has 5 nitrogen and oxygen atoms in total. The van der Waals surface area contributed by atoms with Crippen molar-refractivity contribution in [1.29, 1.82) is 0 Å². The highest BCUT2D eigenvalue weighted by Gasteiger charge is 2.28. The van der Waals surface area contributed by atoms with E-state index in [1.807, 2.05) is 6.07 Å². The van der Waals surface area contributed by atoms with Crippen LogP contribution in [0.2, 0.25) is 0 Å². The first-order valence-electron chi connectivity index (χ1n) is 9.30. The van der Waals surface area contributed by atoms with Gasteiger partial charge in [-0.05, 0) is 49.2 Å². The molecule has 0 amide bonds. The van der Waals surface area contributed by atoms with Crippen LogP contribution in [0.15, 0.2) is 59.5 Å². The Morgan fingerprint density at radius 1 is 0.615 bits per heavy atom. The SMILES string of the molecule is O=S(=O)(c1ccccc1)N1CCN(c2ccc(N3CCCC3)cc2)CC1. The van der Waals surface area contributed by atoms with E-state index in [1.165, 1.54) is 24.2 Å². The van der Waals surface area contributed by atoms with E-state index < -0.39 is 10.0 Å². The molecule has 0 N–H and O–H groups in total. The van der Waals surface area contributed by atoms with Gasteiger partial charge in [0, 0.05) is 50.6 Å². The van der Waals surface area contributed by atoms with E-state index in [0.29, 0.717) is 18.0 Å². The van der Waals surface area contributed by atoms with Crippen molar-refractivity contribution in [2.75, 3.05) is 49.1 Å². The summed E-state index contributed by atoms with van der Waals surface area (Å²) in [7, 11) is -3.39. The van der Waals surface area contributed by atoms with Crippen molar-refractivity contribution in [1.82, 2.24) is 4.31 Å².